The van der Waals surface area contributed by atoms with Crippen LogP contribution in [-0.4, -0.2) is 34.6 Å². The van der Waals surface area contributed by atoms with Crippen molar-refractivity contribution in [1.29, 1.82) is 0 Å². The lowest BCUT2D eigenvalue weighted by Gasteiger charge is -2.62. The molecule has 0 bridgehead atoms. The Morgan fingerprint density at radius 2 is 1.93 bits per heavy atom. The molecule has 0 aromatic carbocycles. The highest BCUT2D eigenvalue weighted by Gasteiger charge is 2.65. The predicted octanol–water partition coefficient (Wildman–Crippen LogP) is 2.63. The molecule has 0 saturated heterocycles. The molecular weight excluding hydrogens is 342 g/mol. The Labute approximate surface area is 160 Å². The second-order valence-electron chi connectivity index (χ2n) is 9.48. The number of amides is 1. The molecule has 0 aromatic rings. The fraction of sp³-hybridized carbons (Fsp3) is 0.727. The van der Waals surface area contributed by atoms with Crippen molar-refractivity contribution in [1.82, 2.24) is 5.32 Å². The van der Waals surface area contributed by atoms with Gasteiger partial charge in [0, 0.05) is 17.5 Å². The molecule has 3 saturated carbocycles. The summed E-state index contributed by atoms with van der Waals surface area (Å²) in [5.41, 5.74) is 1.79. The van der Waals surface area contributed by atoms with Crippen molar-refractivity contribution in [3.63, 3.8) is 0 Å². The molecule has 4 aliphatic carbocycles. The van der Waals surface area contributed by atoms with Gasteiger partial charge < -0.3 is 15.5 Å². The van der Waals surface area contributed by atoms with Crippen LogP contribution in [0.3, 0.4) is 0 Å². The summed E-state index contributed by atoms with van der Waals surface area (Å²) >= 11 is 0. The first-order valence-corrected chi connectivity index (χ1v) is 10.3. The third-order valence-electron chi connectivity index (χ3n) is 8.69. The van der Waals surface area contributed by atoms with E-state index in [2.05, 4.69) is 19.2 Å². The Morgan fingerprint density at radius 3 is 2.63 bits per heavy atom. The minimum absolute atomic E-state index is 0.0902. The maximum atomic E-state index is 12.0. The number of hydrogen-bond donors (Lipinski definition) is 3. The van der Waals surface area contributed by atoms with Crippen molar-refractivity contribution in [2.75, 3.05) is 6.61 Å². The number of allylic oxidation sites excluding steroid dienone is 1. The van der Waals surface area contributed by atoms with E-state index in [-0.39, 0.29) is 29.1 Å². The summed E-state index contributed by atoms with van der Waals surface area (Å²) in [6.45, 7) is 4.26. The first-order valence-electron chi connectivity index (χ1n) is 10.3. The average molecular weight is 373 g/mol. The molecule has 0 radical (unpaired) electrons. The smallest absolute Gasteiger partial charge is 0.211 e. The number of hydrogen-bond acceptors (Lipinski definition) is 4. The molecule has 148 valence electrons. The van der Waals surface area contributed by atoms with Crippen LogP contribution in [0.1, 0.15) is 65.2 Å². The van der Waals surface area contributed by atoms with E-state index in [0.29, 0.717) is 30.9 Å². The lowest BCUT2D eigenvalue weighted by atomic mass is 9.45. The molecule has 5 atom stereocenters. The molecule has 0 aromatic heterocycles. The van der Waals surface area contributed by atoms with Crippen LogP contribution < -0.4 is 5.32 Å². The molecule has 1 amide bonds. The molecule has 0 heterocycles. The minimum atomic E-state index is -0.769. The van der Waals surface area contributed by atoms with Gasteiger partial charge in [0.15, 0.2) is 5.78 Å². The summed E-state index contributed by atoms with van der Waals surface area (Å²) in [4.78, 5) is 22.9. The lowest BCUT2D eigenvalue weighted by Crippen LogP contribution is -2.62. The van der Waals surface area contributed by atoms with Gasteiger partial charge in [-0.3, -0.25) is 9.59 Å². The van der Waals surface area contributed by atoms with Gasteiger partial charge in [0.1, 0.15) is 0 Å². The number of aliphatic hydroxyl groups excluding tert-OH is 1. The van der Waals surface area contributed by atoms with Gasteiger partial charge >= 0.3 is 0 Å². The summed E-state index contributed by atoms with van der Waals surface area (Å²) in [6, 6.07) is 0. The van der Waals surface area contributed by atoms with Crippen molar-refractivity contribution in [3.05, 3.63) is 22.9 Å². The second-order valence-corrected chi connectivity index (χ2v) is 9.48. The van der Waals surface area contributed by atoms with Gasteiger partial charge in [-0.2, -0.15) is 0 Å². The molecule has 27 heavy (non-hydrogen) atoms. The van der Waals surface area contributed by atoms with E-state index < -0.39 is 5.60 Å². The van der Waals surface area contributed by atoms with E-state index in [9.17, 15) is 19.8 Å². The molecule has 0 aliphatic heterocycles. The van der Waals surface area contributed by atoms with Crippen LogP contribution in [0.25, 0.3) is 0 Å². The largest absolute Gasteiger partial charge is 0.390 e. The van der Waals surface area contributed by atoms with E-state index in [4.69, 9.17) is 0 Å². The highest BCUT2D eigenvalue weighted by atomic mass is 16.3. The zero-order valence-electron chi connectivity index (χ0n) is 16.4. The minimum Gasteiger partial charge on any atom is -0.390 e. The van der Waals surface area contributed by atoms with Crippen LogP contribution in [0.15, 0.2) is 22.9 Å². The predicted molar refractivity (Wildman–Crippen MR) is 101 cm³/mol. The molecule has 0 unspecified atom stereocenters. The Morgan fingerprint density at radius 1 is 1.19 bits per heavy atom. The highest BCUT2D eigenvalue weighted by molar-refractivity contribution is 5.91. The van der Waals surface area contributed by atoms with Crippen molar-refractivity contribution in [2.45, 2.75) is 70.8 Å². The molecule has 3 fully saturated rings. The van der Waals surface area contributed by atoms with Crippen LogP contribution in [-0.2, 0) is 9.59 Å². The number of aliphatic hydroxyl groups is 2. The molecule has 3 N–H and O–H groups in total. The van der Waals surface area contributed by atoms with Gasteiger partial charge in [-0.15, -0.1) is 0 Å². The topological polar surface area (TPSA) is 86.6 Å². The van der Waals surface area contributed by atoms with Crippen LogP contribution in [0.5, 0.6) is 0 Å². The highest BCUT2D eigenvalue weighted by Crippen LogP contribution is 2.68. The first-order chi connectivity index (χ1) is 12.8. The SMILES string of the molecule is C[C@]12CCC(=O)C=C1CC[C@H]1[C@@H]3CC/C(=C(\CO)NC=O)[C@@]3(C)CC[C@@]12O. The number of fused-ring (bicyclic) bond motifs is 5. The summed E-state index contributed by atoms with van der Waals surface area (Å²) in [5.74, 6) is 0.737. The molecular formula is C22H31NO4. The fourth-order valence-corrected chi connectivity index (χ4v) is 7.11. The number of carbonyl (C=O) groups is 2. The van der Waals surface area contributed by atoms with E-state index in [1.165, 1.54) is 0 Å². The molecule has 0 spiro atoms. The van der Waals surface area contributed by atoms with Crippen molar-refractivity contribution in [2.24, 2.45) is 22.7 Å². The third-order valence-corrected chi connectivity index (χ3v) is 8.69. The molecule has 4 rings (SSSR count). The molecule has 5 nitrogen and oxygen atoms in total. The van der Waals surface area contributed by atoms with Crippen LogP contribution in [0.4, 0.5) is 0 Å². The average Bonchev–Trinajstić information content (AvgIpc) is 2.98. The maximum absolute atomic E-state index is 12.0. The van der Waals surface area contributed by atoms with Gasteiger partial charge in [0.25, 0.3) is 0 Å². The second kappa shape index (κ2) is 6.28. The monoisotopic (exact) mass is 373 g/mol. The molecule has 4 aliphatic rings. The normalized spacial score (nSPS) is 45.3. The molecule has 5 heteroatoms. The van der Waals surface area contributed by atoms with Crippen molar-refractivity contribution in [3.8, 4) is 0 Å². The Hall–Kier alpha value is -1.46. The van der Waals surface area contributed by atoms with Crippen LogP contribution >= 0.6 is 0 Å². The van der Waals surface area contributed by atoms with Gasteiger partial charge in [0.05, 0.1) is 12.2 Å². The maximum Gasteiger partial charge on any atom is 0.211 e. The Kier molecular flexibility index (Phi) is 4.39. The van der Waals surface area contributed by atoms with E-state index >= 15 is 0 Å². The summed E-state index contributed by atoms with van der Waals surface area (Å²) in [5, 5.41) is 24.5. The first kappa shape index (κ1) is 18.9. The van der Waals surface area contributed by atoms with E-state index in [1.54, 1.807) is 0 Å². The Balaban J connectivity index is 1.73. The van der Waals surface area contributed by atoms with Gasteiger partial charge in [-0.1, -0.05) is 19.4 Å². The number of rotatable bonds is 3. The number of ketones is 1. The van der Waals surface area contributed by atoms with E-state index in [0.717, 1.165) is 49.7 Å². The summed E-state index contributed by atoms with van der Waals surface area (Å²) in [7, 11) is 0. The van der Waals surface area contributed by atoms with Crippen LogP contribution in [0, 0.1) is 22.7 Å². The zero-order valence-corrected chi connectivity index (χ0v) is 16.4. The van der Waals surface area contributed by atoms with Crippen molar-refractivity contribution < 1.29 is 19.8 Å². The van der Waals surface area contributed by atoms with Gasteiger partial charge in [-0.05, 0) is 73.8 Å². The van der Waals surface area contributed by atoms with Gasteiger partial charge in [0.2, 0.25) is 6.41 Å². The quantitative estimate of drug-likeness (QED) is 0.664. The van der Waals surface area contributed by atoms with E-state index in [1.807, 2.05) is 6.08 Å². The standard InChI is InChI=1S/C22H31NO4/c1-20-9-10-22(27)17(4-3-14-11-15(26)7-8-21(14,22)2)16(20)5-6-18(20)19(12-24)23-13-25/h11,13,16-17,24,27H,3-10,12H2,1-2H3,(H,23,25)/b19-18-/t16-,17-,20-,21-,22+/m0/s1. The van der Waals surface area contributed by atoms with Crippen LogP contribution in [0.2, 0.25) is 0 Å². The fourth-order valence-electron chi connectivity index (χ4n) is 7.11. The number of nitrogens with one attached hydrogen (secondary N) is 1. The third kappa shape index (κ3) is 2.44. The zero-order chi connectivity index (χ0) is 19.4. The van der Waals surface area contributed by atoms with Gasteiger partial charge in [-0.25, -0.2) is 0 Å². The Bertz CT molecular complexity index is 741. The lowest BCUT2D eigenvalue weighted by molar-refractivity contribution is -0.183. The summed E-state index contributed by atoms with van der Waals surface area (Å²) in [6.07, 6.45) is 8.92. The number of carbonyl (C=O) groups excluding carboxylic acids is 2. The van der Waals surface area contributed by atoms with Crippen molar-refractivity contribution >= 4 is 12.2 Å². The summed E-state index contributed by atoms with van der Waals surface area (Å²) < 4.78 is 0.